The fraction of sp³-hybridized carbons (Fsp3) is 0.400. The number of nitrogens with one attached hydrogen (secondary N) is 1. The lowest BCUT2D eigenvalue weighted by Crippen LogP contribution is -2.03. The molecule has 0 unspecified atom stereocenters. The summed E-state index contributed by atoms with van der Waals surface area (Å²) in [6.45, 7) is 3.08. The number of anilines is 1. The number of carbonyl (C=O) groups excluding carboxylic acids is 1. The lowest BCUT2D eigenvalue weighted by atomic mass is 10.1. The third-order valence-corrected chi connectivity index (χ3v) is 2.58. The van der Waals surface area contributed by atoms with Crippen molar-refractivity contribution in [1.82, 2.24) is 0 Å². The van der Waals surface area contributed by atoms with Gasteiger partial charge in [-0.1, -0.05) is 37.3 Å². The third-order valence-electron chi connectivity index (χ3n) is 2.58. The lowest BCUT2D eigenvalue weighted by Gasteiger charge is -2.10. The molecule has 0 bridgehead atoms. The molecule has 0 aliphatic heterocycles. The molecule has 0 spiro atoms. The van der Waals surface area contributed by atoms with Gasteiger partial charge in [0.2, 0.25) is 0 Å². The first kappa shape index (κ1) is 13.5. The smallest absolute Gasteiger partial charge is 0.120 e. The van der Waals surface area contributed by atoms with Gasteiger partial charge in [-0.15, -0.1) is 0 Å². The van der Waals surface area contributed by atoms with Gasteiger partial charge in [0.05, 0.1) is 0 Å². The van der Waals surface area contributed by atoms with Gasteiger partial charge in [0.1, 0.15) is 6.29 Å². The number of allylic oxidation sites excluding steroid dienone is 1. The zero-order valence-electron chi connectivity index (χ0n) is 10.5. The maximum atomic E-state index is 10.4. The van der Waals surface area contributed by atoms with Crippen molar-refractivity contribution in [3.63, 3.8) is 0 Å². The Morgan fingerprint density at radius 3 is 2.76 bits per heavy atom. The number of benzene rings is 1. The van der Waals surface area contributed by atoms with Crippen LogP contribution in [-0.4, -0.2) is 12.8 Å². The fourth-order valence-corrected chi connectivity index (χ4v) is 1.70. The molecule has 0 atom stereocenters. The van der Waals surface area contributed by atoms with E-state index in [1.807, 2.05) is 12.1 Å². The zero-order valence-corrected chi connectivity index (χ0v) is 10.5. The molecule has 2 nitrogen and oxygen atoms in total. The standard InChI is InChI=1S/C15H21NO/c1-2-3-4-7-12-16-15-11-6-5-9-14(15)10-8-13-17/h3-6,9,11,13,16H,2,7-8,10,12H2,1H3. The van der Waals surface area contributed by atoms with Crippen LogP contribution in [0.1, 0.15) is 31.7 Å². The van der Waals surface area contributed by atoms with Gasteiger partial charge in [-0.25, -0.2) is 0 Å². The summed E-state index contributed by atoms with van der Waals surface area (Å²) in [5, 5.41) is 3.41. The first-order valence-electron chi connectivity index (χ1n) is 6.29. The van der Waals surface area contributed by atoms with Crippen molar-refractivity contribution < 1.29 is 4.79 Å². The lowest BCUT2D eigenvalue weighted by molar-refractivity contribution is -0.107. The molecule has 17 heavy (non-hydrogen) atoms. The second-order valence-electron chi connectivity index (χ2n) is 3.96. The molecule has 0 heterocycles. The Bertz CT molecular complexity index is 358. The van der Waals surface area contributed by atoms with Crippen molar-refractivity contribution in [3.8, 4) is 0 Å². The summed E-state index contributed by atoms with van der Waals surface area (Å²) in [6, 6.07) is 8.19. The zero-order chi connectivity index (χ0) is 12.3. The van der Waals surface area contributed by atoms with Gasteiger partial charge < -0.3 is 10.1 Å². The highest BCUT2D eigenvalue weighted by Crippen LogP contribution is 2.16. The van der Waals surface area contributed by atoms with Gasteiger partial charge in [-0.2, -0.15) is 0 Å². The molecule has 0 aromatic heterocycles. The molecule has 0 amide bonds. The number of hydrogen-bond donors (Lipinski definition) is 1. The average Bonchev–Trinajstić information content (AvgIpc) is 2.37. The van der Waals surface area contributed by atoms with Gasteiger partial charge in [0.15, 0.2) is 0 Å². The normalized spacial score (nSPS) is 10.6. The predicted octanol–water partition coefficient (Wildman–Crippen LogP) is 3.59. The third kappa shape index (κ3) is 5.34. The molecular weight excluding hydrogens is 210 g/mol. The largest absolute Gasteiger partial charge is 0.385 e. The van der Waals surface area contributed by atoms with E-state index >= 15 is 0 Å². The maximum absolute atomic E-state index is 10.4. The first-order chi connectivity index (χ1) is 8.38. The molecule has 1 aromatic carbocycles. The second kappa shape index (κ2) is 8.57. The molecule has 1 rings (SSSR count). The van der Waals surface area contributed by atoms with E-state index in [1.54, 1.807) is 0 Å². The van der Waals surface area contributed by atoms with E-state index in [2.05, 4.69) is 36.5 Å². The van der Waals surface area contributed by atoms with Crippen LogP contribution in [0.4, 0.5) is 5.69 Å². The number of aldehydes is 1. The van der Waals surface area contributed by atoms with E-state index in [0.717, 1.165) is 37.8 Å². The van der Waals surface area contributed by atoms with Crippen LogP contribution in [-0.2, 0) is 11.2 Å². The predicted molar refractivity (Wildman–Crippen MR) is 73.4 cm³/mol. The van der Waals surface area contributed by atoms with Crippen LogP contribution in [0.15, 0.2) is 36.4 Å². The highest BCUT2D eigenvalue weighted by Gasteiger charge is 1.99. The van der Waals surface area contributed by atoms with Gasteiger partial charge in [0, 0.05) is 18.7 Å². The summed E-state index contributed by atoms with van der Waals surface area (Å²) in [5.74, 6) is 0. The van der Waals surface area contributed by atoms with Crippen molar-refractivity contribution in [2.24, 2.45) is 0 Å². The summed E-state index contributed by atoms with van der Waals surface area (Å²) < 4.78 is 0. The molecule has 0 aliphatic rings. The Kier molecular flexibility index (Phi) is 6.80. The maximum Gasteiger partial charge on any atom is 0.120 e. The summed E-state index contributed by atoms with van der Waals surface area (Å²) in [5.41, 5.74) is 2.37. The minimum atomic E-state index is 0.592. The molecule has 0 radical (unpaired) electrons. The van der Waals surface area contributed by atoms with Crippen LogP contribution < -0.4 is 5.32 Å². The van der Waals surface area contributed by atoms with Crippen LogP contribution >= 0.6 is 0 Å². The average molecular weight is 231 g/mol. The van der Waals surface area contributed by atoms with Gasteiger partial charge in [-0.3, -0.25) is 0 Å². The van der Waals surface area contributed by atoms with Crippen LogP contribution in [0.3, 0.4) is 0 Å². The van der Waals surface area contributed by atoms with Crippen molar-refractivity contribution in [2.45, 2.75) is 32.6 Å². The van der Waals surface area contributed by atoms with Crippen LogP contribution in [0.25, 0.3) is 0 Å². The minimum absolute atomic E-state index is 0.592. The molecule has 92 valence electrons. The van der Waals surface area contributed by atoms with Crippen LogP contribution in [0.2, 0.25) is 0 Å². The molecule has 0 fully saturated rings. The Balaban J connectivity index is 2.45. The summed E-state index contributed by atoms with van der Waals surface area (Å²) >= 11 is 0. The first-order valence-corrected chi connectivity index (χ1v) is 6.29. The van der Waals surface area contributed by atoms with E-state index in [1.165, 1.54) is 5.56 Å². The Labute approximate surface area is 104 Å². The summed E-state index contributed by atoms with van der Waals surface area (Å²) in [7, 11) is 0. The van der Waals surface area contributed by atoms with E-state index in [9.17, 15) is 4.79 Å². The van der Waals surface area contributed by atoms with Crippen molar-refractivity contribution in [3.05, 3.63) is 42.0 Å². The fourth-order valence-electron chi connectivity index (χ4n) is 1.70. The summed E-state index contributed by atoms with van der Waals surface area (Å²) in [4.78, 5) is 10.4. The van der Waals surface area contributed by atoms with Crippen LogP contribution in [0, 0.1) is 0 Å². The number of aryl methyl sites for hydroxylation is 1. The number of hydrogen-bond acceptors (Lipinski definition) is 2. The molecule has 0 saturated heterocycles. The number of rotatable bonds is 8. The van der Waals surface area contributed by atoms with E-state index in [4.69, 9.17) is 0 Å². The molecule has 1 aromatic rings. The number of para-hydroxylation sites is 1. The van der Waals surface area contributed by atoms with Crippen molar-refractivity contribution in [2.75, 3.05) is 11.9 Å². The van der Waals surface area contributed by atoms with E-state index < -0.39 is 0 Å². The molecular formula is C15H21NO. The van der Waals surface area contributed by atoms with Gasteiger partial charge in [0.25, 0.3) is 0 Å². The Hall–Kier alpha value is -1.57. The SMILES string of the molecule is CCC=CCCNc1ccccc1CCC=O. The highest BCUT2D eigenvalue weighted by molar-refractivity contribution is 5.55. The summed E-state index contributed by atoms with van der Waals surface area (Å²) in [6.07, 6.45) is 8.89. The molecule has 0 aliphatic carbocycles. The topological polar surface area (TPSA) is 29.1 Å². The van der Waals surface area contributed by atoms with Gasteiger partial charge >= 0.3 is 0 Å². The van der Waals surface area contributed by atoms with E-state index in [-0.39, 0.29) is 0 Å². The molecule has 1 N–H and O–H groups in total. The molecule has 2 heteroatoms. The molecule has 0 saturated carbocycles. The Morgan fingerprint density at radius 1 is 1.18 bits per heavy atom. The van der Waals surface area contributed by atoms with Crippen molar-refractivity contribution in [1.29, 1.82) is 0 Å². The van der Waals surface area contributed by atoms with Gasteiger partial charge in [-0.05, 0) is 30.9 Å². The van der Waals surface area contributed by atoms with Crippen LogP contribution in [0.5, 0.6) is 0 Å². The second-order valence-corrected chi connectivity index (χ2v) is 3.96. The quantitative estimate of drug-likeness (QED) is 0.421. The van der Waals surface area contributed by atoms with E-state index in [0.29, 0.717) is 6.42 Å². The van der Waals surface area contributed by atoms with Crippen molar-refractivity contribution >= 4 is 12.0 Å². The minimum Gasteiger partial charge on any atom is -0.385 e. The Morgan fingerprint density at radius 2 is 2.00 bits per heavy atom. The monoisotopic (exact) mass is 231 g/mol. The highest BCUT2D eigenvalue weighted by atomic mass is 16.1. The number of carbonyl (C=O) groups is 1.